The minimum Gasteiger partial charge on any atom is -0.378 e. The molecule has 0 spiro atoms. The van der Waals surface area contributed by atoms with Gasteiger partial charge < -0.3 is 5.11 Å². The van der Waals surface area contributed by atoms with Gasteiger partial charge in [0.05, 0.1) is 23.2 Å². The van der Waals surface area contributed by atoms with Crippen molar-refractivity contribution in [3.05, 3.63) is 83.4 Å². The van der Waals surface area contributed by atoms with Crippen LogP contribution in [0.25, 0.3) is 0 Å². The van der Waals surface area contributed by atoms with Gasteiger partial charge in [-0.05, 0) is 24.1 Å². The van der Waals surface area contributed by atoms with E-state index in [1.54, 1.807) is 60.7 Å². The summed E-state index contributed by atoms with van der Waals surface area (Å²) in [5, 5.41) is 11.6. The first-order valence-electron chi connectivity index (χ1n) is 9.44. The molecule has 2 aromatic rings. The molecule has 0 saturated carbocycles. The molecule has 7 nitrogen and oxygen atoms in total. The fourth-order valence-electron chi connectivity index (χ4n) is 4.19. The fraction of sp³-hybridized carbons (Fsp3) is 0.227. The van der Waals surface area contributed by atoms with Gasteiger partial charge in [-0.3, -0.25) is 24.1 Å². The molecule has 1 saturated heterocycles. The van der Waals surface area contributed by atoms with Gasteiger partial charge in [0.2, 0.25) is 0 Å². The van der Waals surface area contributed by atoms with Crippen LogP contribution in [0, 0.1) is 0 Å². The summed E-state index contributed by atoms with van der Waals surface area (Å²) in [6.45, 7) is 0. The number of aliphatic hydroxyl groups excluding tert-OH is 1. The average molecular weight is 390 g/mol. The molecule has 146 valence electrons. The van der Waals surface area contributed by atoms with Crippen LogP contribution in [0.4, 0.5) is 0 Å². The molecular weight excluding hydrogens is 372 g/mol. The maximum atomic E-state index is 12.8. The van der Waals surface area contributed by atoms with Crippen molar-refractivity contribution in [3.63, 3.8) is 0 Å². The predicted octanol–water partition coefficient (Wildman–Crippen LogP) is 1.86. The van der Waals surface area contributed by atoms with Gasteiger partial charge in [-0.15, -0.1) is 0 Å². The molecule has 2 bridgehead atoms. The molecule has 29 heavy (non-hydrogen) atoms. The van der Waals surface area contributed by atoms with Crippen LogP contribution in [-0.2, 0) is 9.63 Å². The van der Waals surface area contributed by atoms with Crippen molar-refractivity contribution in [1.82, 2.24) is 9.96 Å². The number of rotatable bonds is 3. The van der Waals surface area contributed by atoms with E-state index in [0.717, 1.165) is 5.06 Å². The molecule has 2 aromatic carbocycles. The molecule has 3 amide bonds. The van der Waals surface area contributed by atoms with Crippen molar-refractivity contribution >= 4 is 17.7 Å². The van der Waals surface area contributed by atoms with E-state index in [0.29, 0.717) is 23.1 Å². The van der Waals surface area contributed by atoms with Crippen molar-refractivity contribution < 1.29 is 24.3 Å². The van der Waals surface area contributed by atoms with E-state index >= 15 is 0 Å². The van der Waals surface area contributed by atoms with Gasteiger partial charge in [0.1, 0.15) is 6.10 Å². The van der Waals surface area contributed by atoms with Crippen molar-refractivity contribution in [2.45, 2.75) is 30.7 Å². The maximum Gasteiger partial charge on any atom is 0.280 e. The summed E-state index contributed by atoms with van der Waals surface area (Å²) in [5.74, 6) is -1.26. The van der Waals surface area contributed by atoms with Gasteiger partial charge in [0.15, 0.2) is 6.10 Å². The van der Waals surface area contributed by atoms with Crippen LogP contribution in [0.2, 0.25) is 0 Å². The Morgan fingerprint density at radius 3 is 2.17 bits per heavy atom. The zero-order chi connectivity index (χ0) is 20.1. The number of benzene rings is 2. The summed E-state index contributed by atoms with van der Waals surface area (Å²) in [6.07, 6.45) is 1.95. The zero-order valence-corrected chi connectivity index (χ0v) is 15.3. The lowest BCUT2D eigenvalue weighted by Gasteiger charge is -2.47. The smallest absolute Gasteiger partial charge is 0.280 e. The van der Waals surface area contributed by atoms with Crippen LogP contribution < -0.4 is 0 Å². The fourth-order valence-corrected chi connectivity index (χ4v) is 4.19. The number of imide groups is 1. The van der Waals surface area contributed by atoms with Crippen LogP contribution in [-0.4, -0.2) is 51.0 Å². The van der Waals surface area contributed by atoms with Crippen LogP contribution >= 0.6 is 0 Å². The van der Waals surface area contributed by atoms with Gasteiger partial charge in [-0.1, -0.05) is 54.6 Å². The number of hydrogen-bond donors (Lipinski definition) is 1. The van der Waals surface area contributed by atoms with E-state index in [1.165, 1.54) is 4.90 Å². The van der Waals surface area contributed by atoms with Gasteiger partial charge in [-0.2, -0.15) is 0 Å². The number of hydrogen-bond acceptors (Lipinski definition) is 5. The monoisotopic (exact) mass is 390 g/mol. The van der Waals surface area contributed by atoms with E-state index in [4.69, 9.17) is 4.84 Å². The molecule has 1 fully saturated rings. The highest BCUT2D eigenvalue weighted by molar-refractivity contribution is 6.21. The van der Waals surface area contributed by atoms with Gasteiger partial charge >= 0.3 is 0 Å². The van der Waals surface area contributed by atoms with Crippen molar-refractivity contribution in [3.8, 4) is 0 Å². The van der Waals surface area contributed by atoms with Crippen LogP contribution in [0.15, 0.2) is 66.7 Å². The molecule has 0 unspecified atom stereocenters. The standard InChI is InChI=1S/C22H18N2O5/c25-19(13-6-2-1-3-7-13)22(28)24-14-10-11-18(29-24)17(12-14)23-20(26)15-8-4-5-9-16(15)21(23)27/h1-11,14,17-19,25H,12H2/t14-,17+,18+,19+/m0/s1. The second kappa shape index (κ2) is 6.65. The first-order valence-corrected chi connectivity index (χ1v) is 9.44. The first-order chi connectivity index (χ1) is 14.1. The van der Waals surface area contributed by atoms with E-state index in [1.807, 2.05) is 6.08 Å². The Labute approximate surface area is 166 Å². The SMILES string of the molecule is O=C([C@H](O)c1ccccc1)N1O[C@@H]2C=C[C@H]1C[C@H]2N1C(=O)c2ccccc2C1=O. The van der Waals surface area contributed by atoms with E-state index in [9.17, 15) is 19.5 Å². The van der Waals surface area contributed by atoms with E-state index < -0.39 is 30.2 Å². The minimum absolute atomic E-state index is 0.345. The lowest BCUT2D eigenvalue weighted by molar-refractivity contribution is -0.247. The highest BCUT2D eigenvalue weighted by atomic mass is 16.7. The molecule has 7 heteroatoms. The summed E-state index contributed by atoms with van der Waals surface area (Å²) in [4.78, 5) is 45.4. The molecule has 0 aromatic heterocycles. The number of aliphatic hydroxyl groups is 1. The molecule has 6 rings (SSSR count). The molecule has 1 N–H and O–H groups in total. The first kappa shape index (κ1) is 17.8. The number of nitrogens with zero attached hydrogens (tertiary/aromatic N) is 2. The third kappa shape index (κ3) is 2.70. The van der Waals surface area contributed by atoms with Gasteiger partial charge in [0, 0.05) is 0 Å². The highest BCUT2D eigenvalue weighted by Crippen LogP contribution is 2.36. The van der Waals surface area contributed by atoms with E-state index in [-0.39, 0.29) is 11.8 Å². The summed E-state index contributed by atoms with van der Waals surface area (Å²) >= 11 is 0. The van der Waals surface area contributed by atoms with Crippen LogP contribution in [0.1, 0.15) is 38.8 Å². The lowest BCUT2D eigenvalue weighted by Crippen LogP contribution is -2.61. The minimum atomic E-state index is -1.35. The Morgan fingerprint density at radius 1 is 0.966 bits per heavy atom. The Hall–Kier alpha value is -3.29. The molecule has 1 aliphatic carbocycles. The van der Waals surface area contributed by atoms with Crippen molar-refractivity contribution in [2.24, 2.45) is 0 Å². The molecule has 0 radical (unpaired) electrons. The van der Waals surface area contributed by atoms with Gasteiger partial charge in [0.25, 0.3) is 17.7 Å². The predicted molar refractivity (Wildman–Crippen MR) is 101 cm³/mol. The lowest BCUT2D eigenvalue weighted by atomic mass is 9.91. The molecule has 4 aliphatic rings. The quantitative estimate of drug-likeness (QED) is 0.639. The Morgan fingerprint density at radius 2 is 1.59 bits per heavy atom. The number of carbonyl (C=O) groups is 3. The Kier molecular flexibility index (Phi) is 4.08. The third-order valence-corrected chi connectivity index (χ3v) is 5.65. The highest BCUT2D eigenvalue weighted by Gasteiger charge is 2.50. The second-order valence-electron chi connectivity index (χ2n) is 7.33. The van der Waals surface area contributed by atoms with Crippen molar-refractivity contribution in [1.29, 1.82) is 0 Å². The molecule has 4 atom stereocenters. The van der Waals surface area contributed by atoms with Crippen LogP contribution in [0.5, 0.6) is 0 Å². The Bertz CT molecular complexity index is 1000. The summed E-state index contributed by atoms with van der Waals surface area (Å²) in [7, 11) is 0. The van der Waals surface area contributed by atoms with Gasteiger partial charge in [-0.25, -0.2) is 5.06 Å². The largest absolute Gasteiger partial charge is 0.378 e. The molecular formula is C22H18N2O5. The maximum absolute atomic E-state index is 12.8. The summed E-state index contributed by atoms with van der Waals surface area (Å²) in [6, 6.07) is 14.4. The Balaban J connectivity index is 1.37. The number of fused-ring (bicyclic) bond motifs is 3. The normalized spacial score (nSPS) is 26.0. The average Bonchev–Trinajstić information content (AvgIpc) is 3.04. The number of hydroxylamine groups is 2. The third-order valence-electron chi connectivity index (χ3n) is 5.65. The van der Waals surface area contributed by atoms with Crippen molar-refractivity contribution in [2.75, 3.05) is 0 Å². The number of carbonyl (C=O) groups excluding carboxylic acids is 3. The molecule has 3 aliphatic heterocycles. The number of amides is 3. The van der Waals surface area contributed by atoms with E-state index in [2.05, 4.69) is 0 Å². The zero-order valence-electron chi connectivity index (χ0n) is 15.3. The topological polar surface area (TPSA) is 87.2 Å². The molecule has 3 heterocycles. The second-order valence-corrected chi connectivity index (χ2v) is 7.33. The summed E-state index contributed by atoms with van der Waals surface area (Å²) < 4.78 is 0. The van der Waals surface area contributed by atoms with Crippen LogP contribution in [0.3, 0.4) is 0 Å². The summed E-state index contributed by atoms with van der Waals surface area (Å²) in [5.41, 5.74) is 1.24.